The molecule has 3 nitrogen and oxygen atoms in total. The normalized spacial score (nSPS) is 17.2. The second-order valence-electron chi connectivity index (χ2n) is 6.55. The SMILES string of the molecule is CC(C)N1CCC(c2nc(-c3ccc(OC(F)(F)F)cc3)cs2)CC1. The molecule has 2 aromatic rings. The van der Waals surface area contributed by atoms with Crippen LogP contribution in [0.15, 0.2) is 29.6 Å². The van der Waals surface area contributed by atoms with Crippen LogP contribution in [-0.2, 0) is 0 Å². The molecule has 0 amide bonds. The molecule has 7 heteroatoms. The van der Waals surface area contributed by atoms with Crippen LogP contribution in [0, 0.1) is 0 Å². The average molecular weight is 370 g/mol. The Hall–Kier alpha value is -1.60. The van der Waals surface area contributed by atoms with E-state index < -0.39 is 6.36 Å². The van der Waals surface area contributed by atoms with Crippen molar-refractivity contribution in [2.75, 3.05) is 13.1 Å². The van der Waals surface area contributed by atoms with Gasteiger partial charge < -0.3 is 9.64 Å². The molecule has 25 heavy (non-hydrogen) atoms. The minimum atomic E-state index is -4.67. The van der Waals surface area contributed by atoms with Crippen molar-refractivity contribution in [3.8, 4) is 17.0 Å². The highest BCUT2D eigenvalue weighted by molar-refractivity contribution is 7.10. The van der Waals surface area contributed by atoms with E-state index in [4.69, 9.17) is 4.98 Å². The summed E-state index contributed by atoms with van der Waals surface area (Å²) in [4.78, 5) is 7.19. The summed E-state index contributed by atoms with van der Waals surface area (Å²) in [5.41, 5.74) is 1.61. The molecule has 0 N–H and O–H groups in total. The molecule has 1 aromatic heterocycles. The van der Waals surface area contributed by atoms with Crippen LogP contribution in [0.5, 0.6) is 5.75 Å². The number of benzene rings is 1. The lowest BCUT2D eigenvalue weighted by atomic mass is 9.96. The lowest BCUT2D eigenvalue weighted by Gasteiger charge is -2.33. The molecule has 0 radical (unpaired) electrons. The Balaban J connectivity index is 1.65. The fourth-order valence-corrected chi connectivity index (χ4v) is 4.10. The van der Waals surface area contributed by atoms with Gasteiger partial charge in [-0.3, -0.25) is 0 Å². The van der Waals surface area contributed by atoms with Crippen LogP contribution in [-0.4, -0.2) is 35.4 Å². The van der Waals surface area contributed by atoms with Gasteiger partial charge >= 0.3 is 6.36 Å². The first-order chi connectivity index (χ1) is 11.8. The zero-order chi connectivity index (χ0) is 18.0. The molecule has 136 valence electrons. The van der Waals surface area contributed by atoms with E-state index in [1.54, 1.807) is 23.5 Å². The molecule has 1 saturated heterocycles. The van der Waals surface area contributed by atoms with E-state index in [9.17, 15) is 13.2 Å². The molecule has 2 heterocycles. The molecule has 0 aliphatic carbocycles. The molecule has 0 unspecified atom stereocenters. The molecule has 1 aliphatic heterocycles. The monoisotopic (exact) mass is 370 g/mol. The molecule has 0 spiro atoms. The van der Waals surface area contributed by atoms with E-state index in [0.717, 1.165) is 42.2 Å². The second kappa shape index (κ2) is 7.33. The summed E-state index contributed by atoms with van der Waals surface area (Å²) in [5.74, 6) is 0.259. The van der Waals surface area contributed by atoms with Gasteiger partial charge in [-0.2, -0.15) is 0 Å². The Labute approximate surface area is 149 Å². The van der Waals surface area contributed by atoms with Crippen molar-refractivity contribution < 1.29 is 17.9 Å². The first-order valence-corrected chi connectivity index (χ1v) is 9.25. The fraction of sp³-hybridized carbons (Fsp3) is 0.500. The molecule has 0 atom stereocenters. The highest BCUT2D eigenvalue weighted by Gasteiger charge is 2.31. The van der Waals surface area contributed by atoms with Crippen LogP contribution >= 0.6 is 11.3 Å². The summed E-state index contributed by atoms with van der Waals surface area (Å²) in [6, 6.07) is 6.44. The van der Waals surface area contributed by atoms with Crippen LogP contribution in [0.25, 0.3) is 11.3 Å². The smallest absolute Gasteiger partial charge is 0.406 e. The van der Waals surface area contributed by atoms with E-state index in [1.165, 1.54) is 12.1 Å². The predicted octanol–water partition coefficient (Wildman–Crippen LogP) is 5.30. The van der Waals surface area contributed by atoms with Gasteiger partial charge in [-0.25, -0.2) is 4.98 Å². The van der Waals surface area contributed by atoms with Crippen molar-refractivity contribution in [1.29, 1.82) is 0 Å². The maximum atomic E-state index is 12.2. The van der Waals surface area contributed by atoms with Gasteiger partial charge in [0.05, 0.1) is 10.7 Å². The summed E-state index contributed by atoms with van der Waals surface area (Å²) >= 11 is 1.63. The molecule has 3 rings (SSSR count). The van der Waals surface area contributed by atoms with Gasteiger partial charge in [0.25, 0.3) is 0 Å². The maximum absolute atomic E-state index is 12.2. The zero-order valence-corrected chi connectivity index (χ0v) is 15.0. The highest BCUT2D eigenvalue weighted by Crippen LogP contribution is 2.34. The van der Waals surface area contributed by atoms with E-state index in [1.807, 2.05) is 5.38 Å². The Kier molecular flexibility index (Phi) is 5.34. The van der Waals surface area contributed by atoms with Gasteiger partial charge in [0.1, 0.15) is 5.75 Å². The van der Waals surface area contributed by atoms with Crippen LogP contribution < -0.4 is 4.74 Å². The fourth-order valence-electron chi connectivity index (χ4n) is 3.10. The zero-order valence-electron chi connectivity index (χ0n) is 14.2. The van der Waals surface area contributed by atoms with E-state index in [2.05, 4.69) is 23.5 Å². The minimum absolute atomic E-state index is 0.215. The Bertz CT molecular complexity index is 689. The number of ether oxygens (including phenoxy) is 1. The number of hydrogen-bond donors (Lipinski definition) is 0. The van der Waals surface area contributed by atoms with Crippen LogP contribution in [0.1, 0.15) is 37.6 Å². The van der Waals surface area contributed by atoms with E-state index in [0.29, 0.717) is 12.0 Å². The molecule has 1 aliphatic rings. The number of thiazole rings is 1. The Morgan fingerprint density at radius 3 is 2.36 bits per heavy atom. The third-order valence-corrected chi connectivity index (χ3v) is 5.52. The van der Waals surface area contributed by atoms with Gasteiger partial charge in [-0.05, 0) is 64.0 Å². The standard InChI is InChI=1S/C18H21F3N2OS/c1-12(2)23-9-7-14(8-10-23)17-22-16(11-25-17)13-3-5-15(6-4-13)24-18(19,20)21/h3-6,11-12,14H,7-10H2,1-2H3. The molecule has 0 saturated carbocycles. The van der Waals surface area contributed by atoms with Gasteiger partial charge in [0.15, 0.2) is 0 Å². The largest absolute Gasteiger partial charge is 0.573 e. The molecular weight excluding hydrogens is 349 g/mol. The lowest BCUT2D eigenvalue weighted by molar-refractivity contribution is -0.274. The van der Waals surface area contributed by atoms with Crippen LogP contribution in [0.3, 0.4) is 0 Å². The third kappa shape index (κ3) is 4.73. The van der Waals surface area contributed by atoms with Crippen molar-refractivity contribution in [3.05, 3.63) is 34.7 Å². The van der Waals surface area contributed by atoms with Crippen molar-refractivity contribution in [3.63, 3.8) is 0 Å². The summed E-state index contributed by atoms with van der Waals surface area (Å²) < 4.78 is 40.5. The molecule has 1 aromatic carbocycles. The molecular formula is C18H21F3N2OS. The van der Waals surface area contributed by atoms with Gasteiger partial charge in [0.2, 0.25) is 0 Å². The summed E-state index contributed by atoms with van der Waals surface area (Å²) in [6.07, 6.45) is -2.47. The first-order valence-electron chi connectivity index (χ1n) is 8.37. The van der Waals surface area contributed by atoms with Crippen LogP contribution in [0.2, 0.25) is 0 Å². The summed E-state index contributed by atoms with van der Waals surface area (Å²) in [5, 5.41) is 3.10. The topological polar surface area (TPSA) is 25.4 Å². The molecule has 1 fully saturated rings. The van der Waals surface area contributed by atoms with Gasteiger partial charge in [0, 0.05) is 22.9 Å². The number of nitrogens with zero attached hydrogens (tertiary/aromatic N) is 2. The van der Waals surface area contributed by atoms with E-state index in [-0.39, 0.29) is 5.75 Å². The van der Waals surface area contributed by atoms with E-state index >= 15 is 0 Å². The third-order valence-electron chi connectivity index (χ3n) is 4.51. The van der Waals surface area contributed by atoms with Crippen LogP contribution in [0.4, 0.5) is 13.2 Å². The first kappa shape index (κ1) is 18.2. The molecule has 0 bridgehead atoms. The quantitative estimate of drug-likeness (QED) is 0.731. The highest BCUT2D eigenvalue weighted by atomic mass is 32.1. The number of piperidine rings is 1. The lowest BCUT2D eigenvalue weighted by Crippen LogP contribution is -2.37. The minimum Gasteiger partial charge on any atom is -0.406 e. The number of aromatic nitrogens is 1. The summed E-state index contributed by atoms with van der Waals surface area (Å²) in [7, 11) is 0. The number of rotatable bonds is 4. The summed E-state index contributed by atoms with van der Waals surface area (Å²) in [6.45, 7) is 6.60. The number of hydrogen-bond acceptors (Lipinski definition) is 4. The predicted molar refractivity (Wildman–Crippen MR) is 92.9 cm³/mol. The van der Waals surface area contributed by atoms with Crippen molar-refractivity contribution in [1.82, 2.24) is 9.88 Å². The average Bonchev–Trinajstić information content (AvgIpc) is 3.04. The Morgan fingerprint density at radius 2 is 1.80 bits per heavy atom. The van der Waals surface area contributed by atoms with Crippen molar-refractivity contribution in [2.45, 2.75) is 45.0 Å². The van der Waals surface area contributed by atoms with Gasteiger partial charge in [-0.15, -0.1) is 24.5 Å². The second-order valence-corrected chi connectivity index (χ2v) is 7.44. The number of likely N-dealkylation sites (tertiary alicyclic amines) is 1. The van der Waals surface area contributed by atoms with Crippen molar-refractivity contribution >= 4 is 11.3 Å². The Morgan fingerprint density at radius 1 is 1.16 bits per heavy atom. The number of halogens is 3. The maximum Gasteiger partial charge on any atom is 0.573 e. The van der Waals surface area contributed by atoms with Gasteiger partial charge in [-0.1, -0.05) is 0 Å². The number of alkyl halides is 3. The van der Waals surface area contributed by atoms with Crippen molar-refractivity contribution in [2.24, 2.45) is 0 Å².